The predicted octanol–water partition coefficient (Wildman–Crippen LogP) is 2.97. The third-order valence-corrected chi connectivity index (χ3v) is 2.88. The van der Waals surface area contributed by atoms with Crippen LogP contribution in [0.15, 0.2) is 18.2 Å². The maximum absolute atomic E-state index is 11.8. The highest BCUT2D eigenvalue weighted by Gasteiger charge is 2.18. The van der Waals surface area contributed by atoms with Crippen LogP contribution in [0.25, 0.3) is 0 Å². The summed E-state index contributed by atoms with van der Waals surface area (Å²) in [6.07, 6.45) is -0.459. The molecule has 0 aromatic heterocycles. The van der Waals surface area contributed by atoms with Crippen LogP contribution in [0.5, 0.6) is 5.75 Å². The van der Waals surface area contributed by atoms with Gasteiger partial charge in [-0.15, -0.1) is 0 Å². The standard InChI is InChI=1S/C15H23NO2/c1-10(2)13-8-7-11(3)9-14(13)18-12(4)15(17)16(5)6/h7-10,12H,1-6H3. The Morgan fingerprint density at radius 1 is 1.22 bits per heavy atom. The summed E-state index contributed by atoms with van der Waals surface area (Å²) in [7, 11) is 3.48. The van der Waals surface area contributed by atoms with Gasteiger partial charge in [0.1, 0.15) is 5.75 Å². The Morgan fingerprint density at radius 2 is 1.83 bits per heavy atom. The average Bonchev–Trinajstić information content (AvgIpc) is 2.27. The number of likely N-dealkylation sites (N-methyl/N-ethyl adjacent to an activating group) is 1. The fraction of sp³-hybridized carbons (Fsp3) is 0.533. The molecule has 1 atom stereocenters. The summed E-state index contributed by atoms with van der Waals surface area (Å²) in [6.45, 7) is 8.05. The van der Waals surface area contributed by atoms with Crippen molar-refractivity contribution in [2.75, 3.05) is 14.1 Å². The normalized spacial score (nSPS) is 12.4. The number of aryl methyl sites for hydroxylation is 1. The molecule has 0 heterocycles. The van der Waals surface area contributed by atoms with Crippen LogP contribution >= 0.6 is 0 Å². The molecule has 0 spiro atoms. The van der Waals surface area contributed by atoms with Gasteiger partial charge in [0.05, 0.1) is 0 Å². The van der Waals surface area contributed by atoms with Crippen molar-refractivity contribution in [3.63, 3.8) is 0 Å². The molecule has 3 nitrogen and oxygen atoms in total. The Bertz CT molecular complexity index is 425. The number of amides is 1. The van der Waals surface area contributed by atoms with Gasteiger partial charge in [-0.3, -0.25) is 4.79 Å². The van der Waals surface area contributed by atoms with E-state index in [-0.39, 0.29) is 5.91 Å². The Balaban J connectivity index is 2.96. The van der Waals surface area contributed by atoms with Crippen LogP contribution in [0.2, 0.25) is 0 Å². The second-order valence-corrected chi connectivity index (χ2v) is 5.19. The van der Waals surface area contributed by atoms with Crippen molar-refractivity contribution in [1.29, 1.82) is 0 Å². The van der Waals surface area contributed by atoms with Gasteiger partial charge in [-0.05, 0) is 37.0 Å². The first-order chi connectivity index (χ1) is 8.32. The molecule has 0 aliphatic heterocycles. The number of nitrogens with zero attached hydrogens (tertiary/aromatic N) is 1. The van der Waals surface area contributed by atoms with Crippen molar-refractivity contribution >= 4 is 5.91 Å². The molecular formula is C15H23NO2. The molecule has 1 aromatic carbocycles. The summed E-state index contributed by atoms with van der Waals surface area (Å²) in [4.78, 5) is 13.4. The molecular weight excluding hydrogens is 226 g/mol. The zero-order chi connectivity index (χ0) is 13.9. The van der Waals surface area contributed by atoms with Crippen molar-refractivity contribution in [2.24, 2.45) is 0 Å². The second-order valence-electron chi connectivity index (χ2n) is 5.19. The lowest BCUT2D eigenvalue weighted by Gasteiger charge is -2.21. The zero-order valence-electron chi connectivity index (χ0n) is 12.2. The van der Waals surface area contributed by atoms with E-state index < -0.39 is 6.10 Å². The van der Waals surface area contributed by atoms with Crippen LogP contribution in [0, 0.1) is 6.92 Å². The van der Waals surface area contributed by atoms with Gasteiger partial charge in [-0.2, -0.15) is 0 Å². The molecule has 0 aliphatic carbocycles. The Labute approximate surface area is 110 Å². The van der Waals surface area contributed by atoms with Gasteiger partial charge < -0.3 is 9.64 Å². The molecule has 1 amide bonds. The van der Waals surface area contributed by atoms with Crippen molar-refractivity contribution in [3.8, 4) is 5.75 Å². The summed E-state index contributed by atoms with van der Waals surface area (Å²) in [5, 5.41) is 0. The molecule has 0 radical (unpaired) electrons. The Hall–Kier alpha value is -1.51. The molecule has 1 aromatic rings. The first-order valence-corrected chi connectivity index (χ1v) is 6.31. The lowest BCUT2D eigenvalue weighted by atomic mass is 10.0. The van der Waals surface area contributed by atoms with E-state index in [0.29, 0.717) is 5.92 Å². The number of hydrogen-bond donors (Lipinski definition) is 0. The lowest BCUT2D eigenvalue weighted by Crippen LogP contribution is -2.35. The SMILES string of the molecule is Cc1ccc(C(C)C)c(OC(C)C(=O)N(C)C)c1. The minimum atomic E-state index is -0.459. The minimum absolute atomic E-state index is 0.0220. The molecule has 0 bridgehead atoms. The van der Waals surface area contributed by atoms with Crippen LogP contribution in [-0.4, -0.2) is 31.0 Å². The van der Waals surface area contributed by atoms with Gasteiger partial charge in [0, 0.05) is 14.1 Å². The summed E-state index contributed by atoms with van der Waals surface area (Å²) in [5.74, 6) is 1.17. The zero-order valence-corrected chi connectivity index (χ0v) is 12.2. The van der Waals surface area contributed by atoms with Crippen LogP contribution < -0.4 is 4.74 Å². The third-order valence-electron chi connectivity index (χ3n) is 2.88. The van der Waals surface area contributed by atoms with E-state index in [9.17, 15) is 4.79 Å². The van der Waals surface area contributed by atoms with Gasteiger partial charge in [0.2, 0.25) is 0 Å². The monoisotopic (exact) mass is 249 g/mol. The average molecular weight is 249 g/mol. The summed E-state index contributed by atoms with van der Waals surface area (Å²) >= 11 is 0. The van der Waals surface area contributed by atoms with Gasteiger partial charge in [0.25, 0.3) is 5.91 Å². The number of carbonyl (C=O) groups is 1. The van der Waals surface area contributed by atoms with Crippen LogP contribution in [0.4, 0.5) is 0 Å². The van der Waals surface area contributed by atoms with Crippen molar-refractivity contribution in [1.82, 2.24) is 4.90 Å². The van der Waals surface area contributed by atoms with Crippen molar-refractivity contribution in [2.45, 2.75) is 39.7 Å². The van der Waals surface area contributed by atoms with E-state index in [2.05, 4.69) is 26.0 Å². The smallest absolute Gasteiger partial charge is 0.262 e. The van der Waals surface area contributed by atoms with E-state index in [1.54, 1.807) is 25.9 Å². The Morgan fingerprint density at radius 3 is 2.33 bits per heavy atom. The number of hydrogen-bond acceptors (Lipinski definition) is 2. The molecule has 18 heavy (non-hydrogen) atoms. The van der Waals surface area contributed by atoms with Crippen LogP contribution in [0.3, 0.4) is 0 Å². The molecule has 0 aliphatic rings. The molecule has 1 rings (SSSR count). The predicted molar refractivity (Wildman–Crippen MR) is 74.1 cm³/mol. The molecule has 0 saturated heterocycles. The number of rotatable bonds is 4. The minimum Gasteiger partial charge on any atom is -0.481 e. The lowest BCUT2D eigenvalue weighted by molar-refractivity contribution is -0.135. The molecule has 0 saturated carbocycles. The molecule has 3 heteroatoms. The van der Waals surface area contributed by atoms with E-state index in [0.717, 1.165) is 16.9 Å². The van der Waals surface area contributed by atoms with E-state index >= 15 is 0 Å². The Kier molecular flexibility index (Phi) is 4.76. The molecule has 0 N–H and O–H groups in total. The van der Waals surface area contributed by atoms with Gasteiger partial charge in [-0.1, -0.05) is 26.0 Å². The van der Waals surface area contributed by atoms with E-state index in [1.165, 1.54) is 0 Å². The highest BCUT2D eigenvalue weighted by Crippen LogP contribution is 2.28. The number of ether oxygens (including phenoxy) is 1. The molecule has 100 valence electrons. The van der Waals surface area contributed by atoms with E-state index in [1.807, 2.05) is 13.0 Å². The maximum Gasteiger partial charge on any atom is 0.262 e. The third kappa shape index (κ3) is 3.49. The quantitative estimate of drug-likeness (QED) is 0.821. The highest BCUT2D eigenvalue weighted by molar-refractivity contribution is 5.80. The van der Waals surface area contributed by atoms with Crippen LogP contribution in [0.1, 0.15) is 37.8 Å². The number of carbonyl (C=O) groups excluding carboxylic acids is 1. The molecule has 1 unspecified atom stereocenters. The fourth-order valence-electron chi connectivity index (χ4n) is 1.83. The summed E-state index contributed by atoms with van der Waals surface area (Å²) < 4.78 is 5.82. The second kappa shape index (κ2) is 5.89. The van der Waals surface area contributed by atoms with Crippen molar-refractivity contribution < 1.29 is 9.53 Å². The van der Waals surface area contributed by atoms with Crippen LogP contribution in [-0.2, 0) is 4.79 Å². The molecule has 0 fully saturated rings. The maximum atomic E-state index is 11.8. The summed E-state index contributed by atoms with van der Waals surface area (Å²) in [5.41, 5.74) is 2.28. The summed E-state index contributed by atoms with van der Waals surface area (Å²) in [6, 6.07) is 6.14. The van der Waals surface area contributed by atoms with Gasteiger partial charge >= 0.3 is 0 Å². The van der Waals surface area contributed by atoms with E-state index in [4.69, 9.17) is 4.74 Å². The first kappa shape index (κ1) is 14.6. The van der Waals surface area contributed by atoms with Crippen molar-refractivity contribution in [3.05, 3.63) is 29.3 Å². The first-order valence-electron chi connectivity index (χ1n) is 6.31. The number of benzene rings is 1. The fourth-order valence-corrected chi connectivity index (χ4v) is 1.83. The van der Waals surface area contributed by atoms with Gasteiger partial charge in [-0.25, -0.2) is 0 Å². The van der Waals surface area contributed by atoms with Gasteiger partial charge in [0.15, 0.2) is 6.10 Å². The largest absolute Gasteiger partial charge is 0.481 e. The highest BCUT2D eigenvalue weighted by atomic mass is 16.5. The topological polar surface area (TPSA) is 29.5 Å².